The van der Waals surface area contributed by atoms with Crippen LogP contribution in [0.5, 0.6) is 0 Å². The highest BCUT2D eigenvalue weighted by molar-refractivity contribution is 5.98. The molecule has 3 aromatic rings. The fourth-order valence-electron chi connectivity index (χ4n) is 3.04. The smallest absolute Gasteiger partial charge is 0.228 e. The number of nitrogens with two attached hydrogens (primary N) is 1. The largest absolute Gasteiger partial charge is 0.384 e. The molecule has 3 heterocycles. The summed E-state index contributed by atoms with van der Waals surface area (Å²) in [6.45, 7) is 0.612. The molecule has 0 bridgehead atoms. The number of anilines is 2. The maximum absolute atomic E-state index is 12.0. The van der Waals surface area contributed by atoms with E-state index < -0.39 is 0 Å². The second-order valence-corrected chi connectivity index (χ2v) is 6.72. The third kappa shape index (κ3) is 3.73. The maximum atomic E-state index is 12.0. The highest BCUT2D eigenvalue weighted by Gasteiger charge is 2.29. The van der Waals surface area contributed by atoms with Crippen LogP contribution in [0.3, 0.4) is 0 Å². The van der Waals surface area contributed by atoms with Crippen LogP contribution in [0.4, 0.5) is 11.6 Å². The molecule has 1 saturated carbocycles. The van der Waals surface area contributed by atoms with Crippen molar-refractivity contribution in [1.82, 2.24) is 15.0 Å². The Kier molecular flexibility index (Phi) is 4.68. The van der Waals surface area contributed by atoms with E-state index in [0.29, 0.717) is 18.2 Å². The number of ether oxygens (including phenoxy) is 1. The molecule has 1 fully saturated rings. The molecule has 0 saturated heterocycles. The van der Waals surface area contributed by atoms with Gasteiger partial charge in [0.2, 0.25) is 5.91 Å². The average Bonchev–Trinajstić information content (AvgIpc) is 3.51. The second-order valence-electron chi connectivity index (χ2n) is 6.72. The number of fused-ring (bicyclic) bond motifs is 1. The molecule has 0 spiro atoms. The lowest BCUT2D eigenvalue weighted by molar-refractivity contribution is -0.117. The van der Waals surface area contributed by atoms with E-state index >= 15 is 0 Å². The van der Waals surface area contributed by atoms with E-state index in [1.807, 2.05) is 18.2 Å². The second kappa shape index (κ2) is 7.28. The third-order valence-electron chi connectivity index (χ3n) is 4.71. The Bertz CT molecular complexity index is 1000. The van der Waals surface area contributed by atoms with Gasteiger partial charge in [-0.2, -0.15) is 0 Å². The number of amides is 1. The van der Waals surface area contributed by atoms with Gasteiger partial charge in [-0.05, 0) is 48.4 Å². The number of nitrogen functional groups attached to an aromatic ring is 1. The molecule has 7 heteroatoms. The average molecular weight is 363 g/mol. The molecular weight excluding hydrogens is 342 g/mol. The molecular formula is C20H21N5O2. The van der Waals surface area contributed by atoms with Gasteiger partial charge in [0.05, 0.1) is 12.3 Å². The van der Waals surface area contributed by atoms with Gasteiger partial charge in [-0.3, -0.25) is 9.78 Å². The molecule has 0 aromatic carbocycles. The summed E-state index contributed by atoms with van der Waals surface area (Å²) in [5, 5.41) is 4.50. The van der Waals surface area contributed by atoms with Gasteiger partial charge in [0, 0.05) is 42.6 Å². The SMILES string of the molecule is COCCc1ccncc1-c1cc2cc(NC(=O)C3CC3)ncc2c(N)n1. The summed E-state index contributed by atoms with van der Waals surface area (Å²) >= 11 is 0. The van der Waals surface area contributed by atoms with Crippen LogP contribution in [0.25, 0.3) is 22.0 Å². The van der Waals surface area contributed by atoms with Crippen molar-refractivity contribution in [3.63, 3.8) is 0 Å². The van der Waals surface area contributed by atoms with Crippen molar-refractivity contribution < 1.29 is 9.53 Å². The highest BCUT2D eigenvalue weighted by Crippen LogP contribution is 2.31. The first-order valence-electron chi connectivity index (χ1n) is 8.95. The van der Waals surface area contributed by atoms with Gasteiger partial charge in [0.1, 0.15) is 11.6 Å². The zero-order valence-electron chi connectivity index (χ0n) is 15.1. The fraction of sp³-hybridized carbons (Fsp3) is 0.300. The van der Waals surface area contributed by atoms with Crippen molar-refractivity contribution in [2.45, 2.75) is 19.3 Å². The molecule has 0 aliphatic heterocycles. The summed E-state index contributed by atoms with van der Waals surface area (Å²) < 4.78 is 5.19. The molecule has 1 amide bonds. The number of hydrogen-bond donors (Lipinski definition) is 2. The lowest BCUT2D eigenvalue weighted by Crippen LogP contribution is -2.14. The van der Waals surface area contributed by atoms with Crippen LogP contribution >= 0.6 is 0 Å². The molecule has 0 radical (unpaired) electrons. The summed E-state index contributed by atoms with van der Waals surface area (Å²) in [7, 11) is 1.68. The zero-order valence-corrected chi connectivity index (χ0v) is 15.1. The Labute approximate surface area is 157 Å². The molecule has 0 unspecified atom stereocenters. The molecule has 0 atom stereocenters. The number of methoxy groups -OCH3 is 1. The van der Waals surface area contributed by atoms with Crippen molar-refractivity contribution in [1.29, 1.82) is 0 Å². The van der Waals surface area contributed by atoms with Gasteiger partial charge in [-0.25, -0.2) is 9.97 Å². The van der Waals surface area contributed by atoms with Crippen molar-refractivity contribution in [3.8, 4) is 11.3 Å². The normalized spacial score (nSPS) is 13.7. The summed E-state index contributed by atoms with van der Waals surface area (Å²) in [6.07, 6.45) is 7.85. The van der Waals surface area contributed by atoms with Gasteiger partial charge < -0.3 is 15.8 Å². The molecule has 1 aliphatic carbocycles. The fourth-order valence-corrected chi connectivity index (χ4v) is 3.04. The van der Waals surface area contributed by atoms with Crippen LogP contribution in [0.15, 0.2) is 36.8 Å². The van der Waals surface area contributed by atoms with E-state index in [2.05, 4.69) is 20.3 Å². The number of pyridine rings is 3. The van der Waals surface area contributed by atoms with Gasteiger partial charge in [0.25, 0.3) is 0 Å². The standard InChI is InChI=1S/C20H21N5O2/c1-27-7-5-12-4-6-22-10-15(12)17-8-14-9-18(25-20(26)13-2-3-13)23-11-16(14)19(21)24-17/h4,6,8-11,13H,2-3,5,7H2,1H3,(H2,21,24)(H,23,25,26). The first-order chi connectivity index (χ1) is 13.2. The Morgan fingerprint density at radius 3 is 2.96 bits per heavy atom. The quantitative estimate of drug-likeness (QED) is 0.698. The Balaban J connectivity index is 1.72. The van der Waals surface area contributed by atoms with Crippen molar-refractivity contribution in [2.24, 2.45) is 5.92 Å². The first kappa shape index (κ1) is 17.4. The third-order valence-corrected chi connectivity index (χ3v) is 4.71. The lowest BCUT2D eigenvalue weighted by Gasteiger charge is -2.11. The minimum absolute atomic E-state index is 0.0261. The number of rotatable bonds is 6. The van der Waals surface area contributed by atoms with E-state index in [1.54, 1.807) is 25.7 Å². The minimum Gasteiger partial charge on any atom is -0.384 e. The Morgan fingerprint density at radius 1 is 1.33 bits per heavy atom. The molecule has 4 rings (SSSR count). The predicted octanol–water partition coefficient (Wildman–Crippen LogP) is 2.81. The van der Waals surface area contributed by atoms with Crippen LogP contribution in [-0.2, 0) is 16.0 Å². The molecule has 7 nitrogen and oxygen atoms in total. The summed E-state index contributed by atoms with van der Waals surface area (Å²) in [4.78, 5) is 25.1. The van der Waals surface area contributed by atoms with Gasteiger partial charge in [0.15, 0.2) is 0 Å². The van der Waals surface area contributed by atoms with E-state index in [9.17, 15) is 4.79 Å². The number of hydrogen-bond acceptors (Lipinski definition) is 6. The molecule has 138 valence electrons. The van der Waals surface area contributed by atoms with E-state index in [4.69, 9.17) is 10.5 Å². The van der Waals surface area contributed by atoms with Crippen molar-refractivity contribution >= 4 is 28.3 Å². The topological polar surface area (TPSA) is 103 Å². The van der Waals surface area contributed by atoms with Crippen LogP contribution in [-0.4, -0.2) is 34.6 Å². The zero-order chi connectivity index (χ0) is 18.8. The van der Waals surface area contributed by atoms with Crippen molar-refractivity contribution in [2.75, 3.05) is 24.8 Å². The molecule has 3 N–H and O–H groups in total. The van der Waals surface area contributed by atoms with Crippen LogP contribution in [0.2, 0.25) is 0 Å². The van der Waals surface area contributed by atoms with E-state index in [0.717, 1.165) is 46.9 Å². The van der Waals surface area contributed by atoms with Crippen LogP contribution in [0.1, 0.15) is 18.4 Å². The van der Waals surface area contributed by atoms with Crippen LogP contribution in [0, 0.1) is 5.92 Å². The number of carbonyl (C=O) groups excluding carboxylic acids is 1. The highest BCUT2D eigenvalue weighted by atomic mass is 16.5. The number of aromatic nitrogens is 3. The lowest BCUT2D eigenvalue weighted by atomic mass is 10.0. The summed E-state index contributed by atoms with van der Waals surface area (Å²) in [5.74, 6) is 1.08. The van der Waals surface area contributed by atoms with E-state index in [1.165, 1.54) is 0 Å². The number of carbonyl (C=O) groups is 1. The monoisotopic (exact) mass is 363 g/mol. The molecule has 3 aromatic heterocycles. The van der Waals surface area contributed by atoms with E-state index in [-0.39, 0.29) is 11.8 Å². The maximum Gasteiger partial charge on any atom is 0.228 e. The van der Waals surface area contributed by atoms with Crippen LogP contribution < -0.4 is 11.1 Å². The van der Waals surface area contributed by atoms with Gasteiger partial charge in [-0.1, -0.05) is 0 Å². The number of nitrogens with one attached hydrogen (secondary N) is 1. The first-order valence-corrected chi connectivity index (χ1v) is 8.95. The van der Waals surface area contributed by atoms with Gasteiger partial charge >= 0.3 is 0 Å². The molecule has 1 aliphatic rings. The van der Waals surface area contributed by atoms with Gasteiger partial charge in [-0.15, -0.1) is 0 Å². The number of nitrogens with zero attached hydrogens (tertiary/aromatic N) is 3. The molecule has 27 heavy (non-hydrogen) atoms. The van der Waals surface area contributed by atoms with Crippen molar-refractivity contribution in [3.05, 3.63) is 42.4 Å². The predicted molar refractivity (Wildman–Crippen MR) is 104 cm³/mol. The minimum atomic E-state index is 0.0261. The summed E-state index contributed by atoms with van der Waals surface area (Å²) in [6, 6.07) is 5.75. The Hall–Kier alpha value is -3.06. The summed E-state index contributed by atoms with van der Waals surface area (Å²) in [5.41, 5.74) is 8.92. The Morgan fingerprint density at radius 2 is 2.19 bits per heavy atom.